The van der Waals surface area contributed by atoms with Crippen LogP contribution in [-0.2, 0) is 0 Å². The van der Waals surface area contributed by atoms with Gasteiger partial charge in [-0.3, -0.25) is 0 Å². The largest absolute Gasteiger partial charge is 0.456 e. The minimum Gasteiger partial charge on any atom is -0.456 e. The molecule has 252 valence electrons. The van der Waals surface area contributed by atoms with Gasteiger partial charge in [0.1, 0.15) is 22.3 Å². The quantitative estimate of drug-likeness (QED) is 0.180. The molecule has 0 radical (unpaired) electrons. The highest BCUT2D eigenvalue weighted by atomic mass is 16.3. The van der Waals surface area contributed by atoms with Gasteiger partial charge in [0, 0.05) is 38.2 Å². The van der Waals surface area contributed by atoms with Crippen molar-refractivity contribution >= 4 is 54.6 Å². The van der Waals surface area contributed by atoms with E-state index in [1.54, 1.807) is 0 Å². The molecule has 0 unspecified atom stereocenters. The summed E-state index contributed by atoms with van der Waals surface area (Å²) in [6.45, 7) is 0. The molecule has 5 nitrogen and oxygen atoms in total. The molecule has 0 N–H and O–H groups in total. The van der Waals surface area contributed by atoms with E-state index in [2.05, 4.69) is 103 Å². The number of furan rings is 2. The topological polar surface area (TPSA) is 65.0 Å². The van der Waals surface area contributed by atoms with E-state index in [4.69, 9.17) is 23.8 Å². The predicted molar refractivity (Wildman–Crippen MR) is 219 cm³/mol. The van der Waals surface area contributed by atoms with Crippen molar-refractivity contribution < 1.29 is 8.83 Å². The summed E-state index contributed by atoms with van der Waals surface area (Å²) < 4.78 is 12.8. The van der Waals surface area contributed by atoms with Crippen LogP contribution >= 0.6 is 0 Å². The summed E-state index contributed by atoms with van der Waals surface area (Å²) in [6, 6.07) is 60.5. The normalized spacial score (nSPS) is 11.7. The Hall–Kier alpha value is -7.37. The fraction of sp³-hybridized carbons (Fsp3) is 0. The zero-order chi connectivity index (χ0) is 35.6. The molecule has 3 aromatic heterocycles. The van der Waals surface area contributed by atoms with E-state index in [0.29, 0.717) is 17.5 Å². The lowest BCUT2D eigenvalue weighted by molar-refractivity contribution is 0.669. The Morgan fingerprint density at radius 2 is 0.926 bits per heavy atom. The highest BCUT2D eigenvalue weighted by molar-refractivity contribution is 6.16. The van der Waals surface area contributed by atoms with E-state index in [9.17, 15) is 0 Å². The van der Waals surface area contributed by atoms with Crippen LogP contribution in [0.5, 0.6) is 0 Å². The fourth-order valence-corrected chi connectivity index (χ4v) is 7.78. The van der Waals surface area contributed by atoms with Crippen LogP contribution in [0.25, 0.3) is 111 Å². The van der Waals surface area contributed by atoms with Crippen LogP contribution in [0.3, 0.4) is 0 Å². The van der Waals surface area contributed by atoms with E-state index in [-0.39, 0.29) is 0 Å². The van der Waals surface area contributed by atoms with Crippen LogP contribution in [0, 0.1) is 0 Å². The Labute approximate surface area is 309 Å². The molecule has 0 aliphatic carbocycles. The standard InChI is InChI=1S/C49H29N3O2/c1-3-12-30(13-4-1)36-26-27-43-45(39-17-8-10-21-42(39)53-43)44(36)34-24-22-33-29-35(25-23-32(33)28-34)48-50-47(31-14-5-2-6-15-31)51-49(52-48)40-19-11-18-38-37-16-7-9-20-41(37)54-46(38)40/h1-29H. The Balaban J connectivity index is 1.08. The molecule has 54 heavy (non-hydrogen) atoms. The first-order valence-electron chi connectivity index (χ1n) is 18.0. The van der Waals surface area contributed by atoms with Crippen molar-refractivity contribution in [3.8, 4) is 56.4 Å². The van der Waals surface area contributed by atoms with Crippen LogP contribution in [0.4, 0.5) is 0 Å². The zero-order valence-corrected chi connectivity index (χ0v) is 28.9. The van der Waals surface area contributed by atoms with Gasteiger partial charge in [-0.2, -0.15) is 0 Å². The Bertz CT molecular complexity index is 3220. The molecule has 11 aromatic rings. The van der Waals surface area contributed by atoms with Crippen molar-refractivity contribution in [1.82, 2.24) is 15.0 Å². The molecule has 0 aliphatic heterocycles. The molecule has 0 saturated heterocycles. The number of hydrogen-bond acceptors (Lipinski definition) is 5. The number of hydrogen-bond donors (Lipinski definition) is 0. The fourth-order valence-electron chi connectivity index (χ4n) is 7.78. The first-order chi connectivity index (χ1) is 26.7. The van der Waals surface area contributed by atoms with E-state index >= 15 is 0 Å². The third kappa shape index (κ3) is 4.90. The third-order valence-corrected chi connectivity index (χ3v) is 10.3. The predicted octanol–water partition coefficient (Wildman–Crippen LogP) is 13.2. The maximum atomic E-state index is 6.41. The van der Waals surface area contributed by atoms with Gasteiger partial charge in [0.25, 0.3) is 0 Å². The molecular weight excluding hydrogens is 663 g/mol. The lowest BCUT2D eigenvalue weighted by Crippen LogP contribution is -2.00. The van der Waals surface area contributed by atoms with E-state index in [1.165, 1.54) is 0 Å². The molecule has 11 rings (SSSR count). The molecule has 0 fully saturated rings. The minimum absolute atomic E-state index is 0.563. The average molecular weight is 692 g/mol. The molecule has 3 heterocycles. The van der Waals surface area contributed by atoms with Gasteiger partial charge < -0.3 is 8.83 Å². The maximum Gasteiger partial charge on any atom is 0.167 e. The van der Waals surface area contributed by atoms with Gasteiger partial charge in [0.2, 0.25) is 0 Å². The van der Waals surface area contributed by atoms with Crippen molar-refractivity contribution in [2.75, 3.05) is 0 Å². The van der Waals surface area contributed by atoms with Gasteiger partial charge in [0.05, 0.1) is 5.56 Å². The summed E-state index contributed by atoms with van der Waals surface area (Å²) in [4.78, 5) is 15.1. The number of nitrogens with zero attached hydrogens (tertiary/aromatic N) is 3. The van der Waals surface area contributed by atoms with Crippen molar-refractivity contribution in [1.29, 1.82) is 0 Å². The first-order valence-corrected chi connectivity index (χ1v) is 18.0. The summed E-state index contributed by atoms with van der Waals surface area (Å²) in [6.07, 6.45) is 0. The summed E-state index contributed by atoms with van der Waals surface area (Å²) >= 11 is 0. The van der Waals surface area contributed by atoms with Gasteiger partial charge in [-0.05, 0) is 63.9 Å². The Morgan fingerprint density at radius 3 is 1.70 bits per heavy atom. The molecule has 0 spiro atoms. The van der Waals surface area contributed by atoms with Crippen LogP contribution < -0.4 is 0 Å². The Morgan fingerprint density at radius 1 is 0.333 bits per heavy atom. The van der Waals surface area contributed by atoms with Crippen molar-refractivity contribution in [3.63, 3.8) is 0 Å². The molecular formula is C49H29N3O2. The number of rotatable bonds is 5. The lowest BCUT2D eigenvalue weighted by atomic mass is 9.89. The van der Waals surface area contributed by atoms with Gasteiger partial charge >= 0.3 is 0 Å². The second-order valence-corrected chi connectivity index (χ2v) is 13.6. The van der Waals surface area contributed by atoms with E-state index in [1.807, 2.05) is 72.8 Å². The second-order valence-electron chi connectivity index (χ2n) is 13.6. The number of benzene rings is 8. The SMILES string of the molecule is c1ccc(-c2nc(-c3ccc4cc(-c5c(-c6ccccc6)ccc6oc7ccccc7c56)ccc4c3)nc(-c3cccc4c3oc3ccccc34)n2)cc1. The molecule has 0 amide bonds. The first kappa shape index (κ1) is 30.3. The van der Waals surface area contributed by atoms with E-state index in [0.717, 1.165) is 93.6 Å². The average Bonchev–Trinajstić information content (AvgIpc) is 3.82. The smallest absolute Gasteiger partial charge is 0.167 e. The van der Waals surface area contributed by atoms with Crippen molar-refractivity contribution in [3.05, 3.63) is 176 Å². The number of fused-ring (bicyclic) bond motifs is 7. The van der Waals surface area contributed by atoms with Crippen LogP contribution in [0.2, 0.25) is 0 Å². The molecule has 5 heteroatoms. The molecule has 0 saturated carbocycles. The second kappa shape index (κ2) is 12.1. The lowest BCUT2D eigenvalue weighted by Gasteiger charge is -2.14. The third-order valence-electron chi connectivity index (χ3n) is 10.3. The van der Waals surface area contributed by atoms with Crippen LogP contribution in [-0.4, -0.2) is 15.0 Å². The maximum absolute atomic E-state index is 6.41. The number of para-hydroxylation sites is 3. The van der Waals surface area contributed by atoms with Gasteiger partial charge in [-0.25, -0.2) is 15.0 Å². The molecule has 8 aromatic carbocycles. The van der Waals surface area contributed by atoms with Gasteiger partial charge in [-0.1, -0.05) is 140 Å². The molecule has 0 atom stereocenters. The zero-order valence-electron chi connectivity index (χ0n) is 28.9. The van der Waals surface area contributed by atoms with Crippen molar-refractivity contribution in [2.24, 2.45) is 0 Å². The summed E-state index contributed by atoms with van der Waals surface area (Å²) in [5.74, 6) is 1.76. The summed E-state index contributed by atoms with van der Waals surface area (Å²) in [5, 5.41) is 6.52. The summed E-state index contributed by atoms with van der Waals surface area (Å²) in [7, 11) is 0. The van der Waals surface area contributed by atoms with Crippen molar-refractivity contribution in [2.45, 2.75) is 0 Å². The van der Waals surface area contributed by atoms with Crippen LogP contribution in [0.1, 0.15) is 0 Å². The highest BCUT2D eigenvalue weighted by Crippen LogP contribution is 2.44. The minimum atomic E-state index is 0.563. The highest BCUT2D eigenvalue weighted by Gasteiger charge is 2.20. The van der Waals surface area contributed by atoms with Crippen LogP contribution in [0.15, 0.2) is 185 Å². The van der Waals surface area contributed by atoms with E-state index < -0.39 is 0 Å². The Kier molecular flexibility index (Phi) is 6.79. The monoisotopic (exact) mass is 691 g/mol. The van der Waals surface area contributed by atoms with Gasteiger partial charge in [-0.15, -0.1) is 0 Å². The number of aromatic nitrogens is 3. The molecule has 0 aliphatic rings. The van der Waals surface area contributed by atoms with Gasteiger partial charge in [0.15, 0.2) is 17.5 Å². The summed E-state index contributed by atoms with van der Waals surface area (Å²) in [5.41, 5.74) is 10.6. The molecule has 0 bridgehead atoms.